The second kappa shape index (κ2) is 11.1. The second-order valence-corrected chi connectivity index (χ2v) is 7.58. The minimum atomic E-state index is -4.55. The maximum Gasteiger partial charge on any atom is 0.416 e. The Balaban J connectivity index is 1.48. The smallest absolute Gasteiger partial charge is 0.378 e. The van der Waals surface area contributed by atoms with Gasteiger partial charge in [0, 0.05) is 43.9 Å². The Kier molecular flexibility index (Phi) is 8.26. The highest BCUT2D eigenvalue weighted by molar-refractivity contribution is 5.94. The molecule has 33 heavy (non-hydrogen) atoms. The highest BCUT2D eigenvalue weighted by Crippen LogP contribution is 2.35. The Morgan fingerprint density at radius 2 is 1.70 bits per heavy atom. The van der Waals surface area contributed by atoms with Crippen LogP contribution < -0.4 is 15.5 Å². The van der Waals surface area contributed by atoms with E-state index in [0.29, 0.717) is 44.0 Å². The lowest BCUT2D eigenvalue weighted by molar-refractivity contribution is -0.138. The monoisotopic (exact) mass is 467 g/mol. The van der Waals surface area contributed by atoms with Gasteiger partial charge in [-0.05, 0) is 48.4 Å². The van der Waals surface area contributed by atoms with E-state index < -0.39 is 29.4 Å². The summed E-state index contributed by atoms with van der Waals surface area (Å²) in [7, 11) is 0. The number of carbonyl (C=O) groups is 2. The van der Waals surface area contributed by atoms with Gasteiger partial charge in [-0.15, -0.1) is 0 Å². The number of alkyl halides is 3. The number of halogens is 4. The molecule has 3 rings (SSSR count). The van der Waals surface area contributed by atoms with E-state index in [1.54, 1.807) is 6.07 Å². The molecule has 0 aromatic heterocycles. The number of nitrogens with zero attached hydrogens (tertiary/aromatic N) is 1. The fourth-order valence-electron chi connectivity index (χ4n) is 3.44. The van der Waals surface area contributed by atoms with Crippen molar-refractivity contribution < 1.29 is 31.9 Å². The van der Waals surface area contributed by atoms with Crippen LogP contribution in [0, 0.1) is 5.82 Å². The molecule has 2 amide bonds. The molecule has 1 saturated heterocycles. The van der Waals surface area contributed by atoms with Gasteiger partial charge in [-0.2, -0.15) is 13.2 Å². The molecular weight excluding hydrogens is 442 g/mol. The van der Waals surface area contributed by atoms with Crippen LogP contribution in [0.15, 0.2) is 42.5 Å². The normalized spacial score (nSPS) is 14.1. The molecule has 178 valence electrons. The lowest BCUT2D eigenvalue weighted by atomic mass is 10.0. The molecule has 1 aliphatic heterocycles. The highest BCUT2D eigenvalue weighted by atomic mass is 19.4. The maximum atomic E-state index is 13.6. The van der Waals surface area contributed by atoms with Gasteiger partial charge >= 0.3 is 6.18 Å². The number of hydrogen-bond acceptors (Lipinski definition) is 4. The summed E-state index contributed by atoms with van der Waals surface area (Å²) >= 11 is 0. The summed E-state index contributed by atoms with van der Waals surface area (Å²) in [5.74, 6) is -1.27. The van der Waals surface area contributed by atoms with Crippen molar-refractivity contribution in [3.8, 4) is 0 Å². The molecule has 6 nitrogen and oxygen atoms in total. The number of rotatable bonds is 8. The van der Waals surface area contributed by atoms with Crippen molar-refractivity contribution in [1.82, 2.24) is 10.6 Å². The zero-order valence-electron chi connectivity index (χ0n) is 17.9. The van der Waals surface area contributed by atoms with Crippen molar-refractivity contribution in [3.63, 3.8) is 0 Å². The molecule has 0 bridgehead atoms. The summed E-state index contributed by atoms with van der Waals surface area (Å²) in [5, 5.41) is 5.12. The van der Waals surface area contributed by atoms with Crippen molar-refractivity contribution in [3.05, 3.63) is 65.0 Å². The molecule has 2 aromatic rings. The number of ether oxygens (including phenoxy) is 1. The zero-order valence-corrected chi connectivity index (χ0v) is 17.9. The van der Waals surface area contributed by atoms with Crippen LogP contribution in [0.4, 0.5) is 23.2 Å². The zero-order chi connectivity index (χ0) is 23.8. The summed E-state index contributed by atoms with van der Waals surface area (Å²) < 4.78 is 58.9. The van der Waals surface area contributed by atoms with E-state index in [9.17, 15) is 27.2 Å². The maximum absolute atomic E-state index is 13.6. The van der Waals surface area contributed by atoms with Crippen LogP contribution >= 0.6 is 0 Å². The van der Waals surface area contributed by atoms with Crippen molar-refractivity contribution in [2.45, 2.75) is 25.6 Å². The van der Waals surface area contributed by atoms with Gasteiger partial charge in [0.05, 0.1) is 18.8 Å². The number of nitrogens with one attached hydrogen (secondary N) is 2. The quantitative estimate of drug-likeness (QED) is 0.461. The van der Waals surface area contributed by atoms with E-state index in [1.807, 2.05) is 4.90 Å². The molecule has 0 unspecified atom stereocenters. The third-order valence-corrected chi connectivity index (χ3v) is 5.22. The summed E-state index contributed by atoms with van der Waals surface area (Å²) in [6.45, 7) is 1.91. The van der Waals surface area contributed by atoms with Crippen LogP contribution in [-0.2, 0) is 22.3 Å². The van der Waals surface area contributed by atoms with Gasteiger partial charge in [0.25, 0.3) is 5.91 Å². The first-order chi connectivity index (χ1) is 15.7. The summed E-state index contributed by atoms with van der Waals surface area (Å²) in [6.07, 6.45) is -4.20. The summed E-state index contributed by atoms with van der Waals surface area (Å²) in [4.78, 5) is 25.8. The number of benzene rings is 2. The van der Waals surface area contributed by atoms with E-state index in [1.165, 1.54) is 30.3 Å². The van der Waals surface area contributed by atoms with Crippen molar-refractivity contribution in [2.24, 2.45) is 0 Å². The molecule has 0 radical (unpaired) electrons. The molecule has 0 aliphatic carbocycles. The third kappa shape index (κ3) is 7.18. The van der Waals surface area contributed by atoms with Crippen LogP contribution in [0.5, 0.6) is 0 Å². The minimum absolute atomic E-state index is 0.0162. The van der Waals surface area contributed by atoms with E-state index in [4.69, 9.17) is 4.74 Å². The Morgan fingerprint density at radius 3 is 2.36 bits per heavy atom. The summed E-state index contributed by atoms with van der Waals surface area (Å²) in [5.41, 5.74) is -0.0329. The van der Waals surface area contributed by atoms with E-state index in [2.05, 4.69) is 10.6 Å². The Bertz CT molecular complexity index is 958. The van der Waals surface area contributed by atoms with Crippen molar-refractivity contribution in [1.29, 1.82) is 0 Å². The number of carbonyl (C=O) groups excluding carboxylic acids is 2. The van der Waals surface area contributed by atoms with Crippen molar-refractivity contribution in [2.75, 3.05) is 37.7 Å². The van der Waals surface area contributed by atoms with E-state index in [0.717, 1.165) is 6.07 Å². The number of amides is 2. The first kappa shape index (κ1) is 24.5. The van der Waals surface area contributed by atoms with Gasteiger partial charge in [-0.25, -0.2) is 4.39 Å². The molecule has 1 heterocycles. The molecule has 10 heteroatoms. The highest BCUT2D eigenvalue weighted by Gasteiger charge is 2.34. The number of anilines is 1. The van der Waals surface area contributed by atoms with Crippen LogP contribution in [0.3, 0.4) is 0 Å². The fraction of sp³-hybridized carbons (Fsp3) is 0.391. The molecule has 2 aromatic carbocycles. The van der Waals surface area contributed by atoms with Gasteiger partial charge in [-0.1, -0.05) is 6.07 Å². The fourth-order valence-corrected chi connectivity index (χ4v) is 3.44. The lowest BCUT2D eigenvalue weighted by Crippen LogP contribution is -2.36. The first-order valence-electron chi connectivity index (χ1n) is 10.6. The molecule has 2 N–H and O–H groups in total. The average molecular weight is 467 g/mol. The first-order valence-corrected chi connectivity index (χ1v) is 10.6. The molecular formula is C23H25F4N3O3. The molecule has 1 aliphatic rings. The largest absolute Gasteiger partial charge is 0.416 e. The van der Waals surface area contributed by atoms with Crippen LogP contribution in [0.25, 0.3) is 0 Å². The Morgan fingerprint density at radius 1 is 1.00 bits per heavy atom. The lowest BCUT2D eigenvalue weighted by Gasteiger charge is -2.29. The minimum Gasteiger partial charge on any atom is -0.378 e. The predicted octanol–water partition coefficient (Wildman–Crippen LogP) is 3.51. The van der Waals surface area contributed by atoms with Gasteiger partial charge in [0.2, 0.25) is 5.91 Å². The van der Waals surface area contributed by atoms with Gasteiger partial charge in [0.1, 0.15) is 5.82 Å². The van der Waals surface area contributed by atoms with Crippen LogP contribution in [0.2, 0.25) is 0 Å². The Labute approximate surface area is 188 Å². The third-order valence-electron chi connectivity index (χ3n) is 5.22. The second-order valence-electron chi connectivity index (χ2n) is 7.58. The summed E-state index contributed by atoms with van der Waals surface area (Å²) in [6, 6.07) is 9.15. The molecule has 1 fully saturated rings. The van der Waals surface area contributed by atoms with E-state index in [-0.39, 0.29) is 25.1 Å². The van der Waals surface area contributed by atoms with Crippen molar-refractivity contribution >= 4 is 17.5 Å². The molecule has 0 atom stereocenters. The topological polar surface area (TPSA) is 70.7 Å². The van der Waals surface area contributed by atoms with Gasteiger partial charge in [0.15, 0.2) is 0 Å². The van der Waals surface area contributed by atoms with Gasteiger partial charge < -0.3 is 20.3 Å². The SMILES string of the molecule is O=C(CCCNC(=O)c1ccc(F)cc1)NCc1ccc(N2CCOCC2)cc1C(F)(F)F. The van der Waals surface area contributed by atoms with E-state index >= 15 is 0 Å². The Hall–Kier alpha value is -3.14. The standard InChI is InChI=1S/C23H25F4N3O3/c24-18-6-3-16(4-7-18)22(32)28-9-1-2-21(31)29-15-17-5-8-19(14-20(17)23(25,26)27)30-10-12-33-13-11-30/h3-8,14H,1-2,9-13,15H2,(H,28,32)(H,29,31). The number of morpholine rings is 1. The predicted molar refractivity (Wildman–Crippen MR) is 114 cm³/mol. The van der Waals surface area contributed by atoms with Crippen LogP contribution in [0.1, 0.15) is 34.3 Å². The van der Waals surface area contributed by atoms with Gasteiger partial charge in [-0.3, -0.25) is 9.59 Å². The number of hydrogen-bond donors (Lipinski definition) is 2. The molecule has 0 saturated carbocycles. The average Bonchev–Trinajstić information content (AvgIpc) is 2.80. The van der Waals surface area contributed by atoms with Crippen LogP contribution in [-0.4, -0.2) is 44.7 Å². The molecule has 0 spiro atoms.